The van der Waals surface area contributed by atoms with Gasteiger partial charge in [-0.2, -0.15) is 0 Å². The number of nitro benzene ring substituents is 1. The Morgan fingerprint density at radius 3 is 2.18 bits per heavy atom. The molecule has 0 radical (unpaired) electrons. The third kappa shape index (κ3) is 3.45. The van der Waals surface area contributed by atoms with Crippen LogP contribution in [0.3, 0.4) is 0 Å². The molecule has 0 saturated heterocycles. The van der Waals surface area contributed by atoms with Crippen molar-refractivity contribution in [1.29, 1.82) is 0 Å². The third-order valence-electron chi connectivity index (χ3n) is 1.90. The molecule has 5 nitrogen and oxygen atoms in total. The lowest BCUT2D eigenvalue weighted by molar-refractivity contribution is -0.385. The molecule has 0 N–H and O–H groups in total. The van der Waals surface area contributed by atoms with Crippen LogP contribution >= 0.6 is 34.8 Å². The van der Waals surface area contributed by atoms with Gasteiger partial charge in [0.1, 0.15) is 0 Å². The second-order valence-corrected chi connectivity index (χ2v) is 7.50. The summed E-state index contributed by atoms with van der Waals surface area (Å²) in [6, 6.07) is 3.13. The van der Waals surface area contributed by atoms with Gasteiger partial charge >= 0.3 is 0 Å². The Morgan fingerprint density at radius 2 is 1.82 bits per heavy atom. The zero-order valence-corrected chi connectivity index (χ0v) is 11.4. The molecule has 94 valence electrons. The van der Waals surface area contributed by atoms with E-state index in [0.29, 0.717) is 0 Å². The summed E-state index contributed by atoms with van der Waals surface area (Å²) in [5, 5.41) is 10.8. The normalized spacial score (nSPS) is 12.5. The highest BCUT2D eigenvalue weighted by Crippen LogP contribution is 2.43. The first-order valence-corrected chi connectivity index (χ1v) is 7.11. The molecule has 0 aliphatic rings. The van der Waals surface area contributed by atoms with Crippen LogP contribution in [0.4, 0.5) is 5.69 Å². The molecule has 9 heteroatoms. The van der Waals surface area contributed by atoms with Gasteiger partial charge in [0.05, 0.1) is 15.4 Å². The number of sulfone groups is 1. The molecular formula is C8H6Cl3NO4S. The summed E-state index contributed by atoms with van der Waals surface area (Å²) in [6.07, 6.45) is 0.932. The Kier molecular flexibility index (Phi) is 3.93. The van der Waals surface area contributed by atoms with E-state index in [4.69, 9.17) is 34.8 Å². The third-order valence-corrected chi connectivity index (χ3v) is 3.62. The highest BCUT2D eigenvalue weighted by Gasteiger charge is 2.32. The van der Waals surface area contributed by atoms with Gasteiger partial charge in [-0.05, 0) is 12.1 Å². The number of benzene rings is 1. The van der Waals surface area contributed by atoms with Crippen molar-refractivity contribution < 1.29 is 13.3 Å². The molecule has 1 aromatic carbocycles. The van der Waals surface area contributed by atoms with Crippen molar-refractivity contribution in [2.45, 2.75) is 8.69 Å². The summed E-state index contributed by atoms with van der Waals surface area (Å²) in [6.45, 7) is 0. The van der Waals surface area contributed by atoms with Crippen LogP contribution in [-0.4, -0.2) is 19.6 Å². The standard InChI is InChI=1S/C8H6Cl3NO4S/c1-17(15,16)5-2-3-6(8(9,10)11)7(4-5)12(13)14/h2-4H,1H3. The predicted molar refractivity (Wildman–Crippen MR) is 65.4 cm³/mol. The molecule has 0 aliphatic carbocycles. The van der Waals surface area contributed by atoms with Crippen LogP contribution in [0.5, 0.6) is 0 Å². The summed E-state index contributed by atoms with van der Waals surface area (Å²) < 4.78 is 20.5. The predicted octanol–water partition coefficient (Wildman–Crippen LogP) is 2.83. The summed E-state index contributed by atoms with van der Waals surface area (Å²) in [5.41, 5.74) is -0.729. The summed E-state index contributed by atoms with van der Waals surface area (Å²) >= 11 is 16.7. The fourth-order valence-corrected chi connectivity index (χ4v) is 2.25. The average Bonchev–Trinajstić information content (AvgIpc) is 2.14. The number of alkyl halides is 3. The topological polar surface area (TPSA) is 77.3 Å². The first-order valence-electron chi connectivity index (χ1n) is 4.09. The number of nitro groups is 1. The highest BCUT2D eigenvalue weighted by atomic mass is 35.6. The molecule has 1 aromatic rings. The van der Waals surface area contributed by atoms with Crippen LogP contribution < -0.4 is 0 Å². The maximum atomic E-state index is 11.2. The Hall–Kier alpha value is -0.560. The number of halogens is 3. The molecule has 1 rings (SSSR count). The lowest BCUT2D eigenvalue weighted by atomic mass is 10.2. The van der Waals surface area contributed by atoms with Crippen LogP contribution in [0.2, 0.25) is 0 Å². The number of nitrogens with zero attached hydrogens (tertiary/aromatic N) is 1. The summed E-state index contributed by atoms with van der Waals surface area (Å²) in [4.78, 5) is 9.78. The molecule has 0 aromatic heterocycles. The minimum absolute atomic E-state index is 0.181. The Morgan fingerprint density at radius 1 is 1.29 bits per heavy atom. The Bertz CT molecular complexity index is 565. The maximum absolute atomic E-state index is 11.2. The van der Waals surface area contributed by atoms with Crippen LogP contribution in [0.1, 0.15) is 5.56 Å². The van der Waals surface area contributed by atoms with Crippen molar-refractivity contribution in [2.24, 2.45) is 0 Å². The number of hydrogen-bond donors (Lipinski definition) is 0. The minimum atomic E-state index is -3.55. The highest BCUT2D eigenvalue weighted by molar-refractivity contribution is 7.90. The van der Waals surface area contributed by atoms with E-state index in [1.165, 1.54) is 0 Å². The lowest BCUT2D eigenvalue weighted by Gasteiger charge is -2.12. The van der Waals surface area contributed by atoms with E-state index in [1.54, 1.807) is 0 Å². The molecule has 17 heavy (non-hydrogen) atoms. The van der Waals surface area contributed by atoms with Gasteiger partial charge in [0.2, 0.25) is 3.79 Å². The van der Waals surface area contributed by atoms with E-state index in [-0.39, 0.29) is 10.5 Å². The van der Waals surface area contributed by atoms with Crippen molar-refractivity contribution in [3.63, 3.8) is 0 Å². The Balaban J connectivity index is 3.54. The van der Waals surface area contributed by atoms with Gasteiger partial charge in [-0.15, -0.1) is 0 Å². The lowest BCUT2D eigenvalue weighted by Crippen LogP contribution is -2.07. The molecule has 0 spiro atoms. The SMILES string of the molecule is CS(=O)(=O)c1ccc(C(Cl)(Cl)Cl)c([N+](=O)[O-])c1. The molecule has 0 heterocycles. The average molecular weight is 319 g/mol. The van der Waals surface area contributed by atoms with Crippen LogP contribution in [0.25, 0.3) is 0 Å². The summed E-state index contributed by atoms with van der Waals surface area (Å²) in [5.74, 6) is 0. The number of rotatable bonds is 2. The zero-order chi connectivity index (χ0) is 13.4. The molecule has 0 fully saturated rings. The zero-order valence-electron chi connectivity index (χ0n) is 8.35. The van der Waals surface area contributed by atoms with E-state index in [1.807, 2.05) is 0 Å². The molecule has 0 bridgehead atoms. The van der Waals surface area contributed by atoms with Gasteiger partial charge < -0.3 is 0 Å². The molecular weight excluding hydrogens is 313 g/mol. The monoisotopic (exact) mass is 317 g/mol. The fraction of sp³-hybridized carbons (Fsp3) is 0.250. The molecule has 0 aliphatic heterocycles. The van der Waals surface area contributed by atoms with Gasteiger partial charge in [0.25, 0.3) is 5.69 Å². The van der Waals surface area contributed by atoms with Crippen molar-refractivity contribution in [2.75, 3.05) is 6.26 Å². The smallest absolute Gasteiger partial charge is 0.258 e. The number of hydrogen-bond acceptors (Lipinski definition) is 4. The van der Waals surface area contributed by atoms with Crippen molar-refractivity contribution in [1.82, 2.24) is 0 Å². The van der Waals surface area contributed by atoms with Crippen molar-refractivity contribution in [3.05, 3.63) is 33.9 Å². The van der Waals surface area contributed by atoms with E-state index >= 15 is 0 Å². The molecule has 0 saturated carbocycles. The van der Waals surface area contributed by atoms with Crippen LogP contribution in [0.15, 0.2) is 23.1 Å². The molecule has 0 atom stereocenters. The quantitative estimate of drug-likeness (QED) is 0.477. The van der Waals surface area contributed by atoms with E-state index in [9.17, 15) is 18.5 Å². The first kappa shape index (κ1) is 14.5. The van der Waals surface area contributed by atoms with Crippen molar-refractivity contribution >= 4 is 50.3 Å². The second kappa shape index (κ2) is 4.61. The van der Waals surface area contributed by atoms with Crippen LogP contribution in [0, 0.1) is 10.1 Å². The minimum Gasteiger partial charge on any atom is -0.258 e. The van der Waals surface area contributed by atoms with E-state index in [0.717, 1.165) is 24.5 Å². The maximum Gasteiger partial charge on any atom is 0.278 e. The van der Waals surface area contributed by atoms with Gasteiger partial charge in [-0.1, -0.05) is 34.8 Å². The van der Waals surface area contributed by atoms with E-state index < -0.39 is 24.2 Å². The van der Waals surface area contributed by atoms with Crippen molar-refractivity contribution in [3.8, 4) is 0 Å². The van der Waals surface area contributed by atoms with E-state index in [2.05, 4.69) is 0 Å². The molecule has 0 amide bonds. The van der Waals surface area contributed by atoms with Gasteiger partial charge in [0, 0.05) is 12.3 Å². The van der Waals surface area contributed by atoms with Gasteiger partial charge in [0.15, 0.2) is 9.84 Å². The fourth-order valence-electron chi connectivity index (χ4n) is 1.13. The molecule has 0 unspecified atom stereocenters. The first-order chi connectivity index (χ1) is 7.53. The summed E-state index contributed by atoms with van der Waals surface area (Å²) in [7, 11) is -3.55. The Labute approximate surface area is 112 Å². The largest absolute Gasteiger partial charge is 0.278 e. The second-order valence-electron chi connectivity index (χ2n) is 3.21. The van der Waals surface area contributed by atoms with Crippen LogP contribution in [-0.2, 0) is 13.6 Å². The van der Waals surface area contributed by atoms with Gasteiger partial charge in [-0.3, -0.25) is 10.1 Å². The van der Waals surface area contributed by atoms with Gasteiger partial charge in [-0.25, -0.2) is 8.42 Å².